The van der Waals surface area contributed by atoms with Crippen LogP contribution in [0, 0.1) is 11.6 Å². The summed E-state index contributed by atoms with van der Waals surface area (Å²) in [6.45, 7) is 0.574. The first kappa shape index (κ1) is 22.4. The fourth-order valence-electron chi connectivity index (χ4n) is 3.07. The number of hydrogen-bond donors (Lipinski definition) is 2. The van der Waals surface area contributed by atoms with Crippen molar-refractivity contribution >= 4 is 23.6 Å². The highest BCUT2D eigenvalue weighted by molar-refractivity contribution is 7.99. The van der Waals surface area contributed by atoms with E-state index in [9.17, 15) is 23.5 Å². The van der Waals surface area contributed by atoms with Gasteiger partial charge in [0.05, 0.1) is 12.1 Å². The molecule has 1 aliphatic heterocycles. The second kappa shape index (κ2) is 11.2. The molecule has 154 valence electrons. The van der Waals surface area contributed by atoms with Crippen molar-refractivity contribution in [3.8, 4) is 0 Å². The zero-order chi connectivity index (χ0) is 20.5. The van der Waals surface area contributed by atoms with Crippen LogP contribution in [-0.4, -0.2) is 57.2 Å². The topological polar surface area (TPSA) is 77.8 Å². The Hall–Kier alpha value is -1.93. The van der Waals surface area contributed by atoms with Crippen molar-refractivity contribution < 1.29 is 28.6 Å². The summed E-state index contributed by atoms with van der Waals surface area (Å²) in [5, 5.41) is 18.7. The van der Waals surface area contributed by atoms with Gasteiger partial charge in [0, 0.05) is 31.6 Å². The molecule has 1 aromatic rings. The van der Waals surface area contributed by atoms with Gasteiger partial charge in [-0.15, -0.1) is 0 Å². The molecule has 28 heavy (non-hydrogen) atoms. The van der Waals surface area contributed by atoms with Crippen LogP contribution in [0.2, 0.25) is 0 Å². The molecule has 2 rings (SSSR count). The molecule has 0 bridgehead atoms. The molecule has 1 aliphatic rings. The highest BCUT2D eigenvalue weighted by Crippen LogP contribution is 2.21. The Kier molecular flexibility index (Phi) is 8.92. The van der Waals surface area contributed by atoms with E-state index in [0.717, 1.165) is 23.6 Å². The number of hydrogen-bond acceptors (Lipinski definition) is 4. The first-order valence-corrected chi connectivity index (χ1v) is 10.4. The molecule has 0 aromatic heterocycles. The summed E-state index contributed by atoms with van der Waals surface area (Å²) >= 11 is 1.62. The van der Waals surface area contributed by atoms with Gasteiger partial charge >= 0.3 is 5.97 Å². The second-order valence-corrected chi connectivity index (χ2v) is 7.93. The molecule has 0 aliphatic carbocycles. The smallest absolute Gasteiger partial charge is 0.303 e. The van der Waals surface area contributed by atoms with Crippen molar-refractivity contribution in [2.24, 2.45) is 0 Å². The predicted octanol–water partition coefficient (Wildman–Crippen LogP) is 3.01. The molecule has 2 atom stereocenters. The lowest BCUT2D eigenvalue weighted by atomic mass is 10.1. The number of benzene rings is 1. The Morgan fingerprint density at radius 1 is 1.32 bits per heavy atom. The molecule has 2 N–H and O–H groups in total. The molecule has 1 amide bonds. The summed E-state index contributed by atoms with van der Waals surface area (Å²) in [7, 11) is 0. The summed E-state index contributed by atoms with van der Waals surface area (Å²) in [5.74, 6) is -1.13. The Bertz CT molecular complexity index is 713. The molecule has 8 heteroatoms. The third-order valence-electron chi connectivity index (χ3n) is 4.51. The summed E-state index contributed by atoms with van der Waals surface area (Å²) in [6.07, 6.45) is 4.59. The SMILES string of the molecule is O=C(O)CCCSCCN1C(=O)CC[C@@H]1C=C[C@@H](O)Cc1ccc(F)c(F)c1. The Morgan fingerprint density at radius 3 is 2.82 bits per heavy atom. The van der Waals surface area contributed by atoms with E-state index in [1.807, 2.05) is 0 Å². The fraction of sp³-hybridized carbons (Fsp3) is 0.500. The minimum atomic E-state index is -0.943. The number of aliphatic hydroxyl groups excluding tert-OH is 1. The zero-order valence-electron chi connectivity index (χ0n) is 15.5. The van der Waals surface area contributed by atoms with E-state index in [1.165, 1.54) is 6.07 Å². The Labute approximate surface area is 167 Å². The van der Waals surface area contributed by atoms with Crippen LogP contribution < -0.4 is 0 Å². The van der Waals surface area contributed by atoms with Crippen LogP contribution in [0.15, 0.2) is 30.4 Å². The second-order valence-electron chi connectivity index (χ2n) is 6.71. The van der Waals surface area contributed by atoms with Crippen LogP contribution in [-0.2, 0) is 16.0 Å². The molecule has 1 heterocycles. The van der Waals surface area contributed by atoms with Crippen LogP contribution >= 0.6 is 11.8 Å². The third kappa shape index (κ3) is 7.24. The standard InChI is InChI=1S/C20H25F2NO4S/c21-17-7-3-14(13-18(17)22)12-16(24)6-4-15-5-8-19(25)23(15)9-11-28-10-1-2-20(26)27/h3-4,6-7,13,15-16,24H,1-2,5,8-12H2,(H,26,27)/t15-,16+/m0/s1. The van der Waals surface area contributed by atoms with E-state index in [2.05, 4.69) is 0 Å². The van der Waals surface area contributed by atoms with Crippen LogP contribution in [0.1, 0.15) is 31.2 Å². The van der Waals surface area contributed by atoms with Gasteiger partial charge in [0.2, 0.25) is 5.91 Å². The molecular weight excluding hydrogens is 388 g/mol. The highest BCUT2D eigenvalue weighted by atomic mass is 32.2. The van der Waals surface area contributed by atoms with Crippen LogP contribution in [0.4, 0.5) is 8.78 Å². The van der Waals surface area contributed by atoms with Gasteiger partial charge in [-0.3, -0.25) is 9.59 Å². The summed E-state index contributed by atoms with van der Waals surface area (Å²) in [6, 6.07) is 3.45. The molecule has 0 unspecified atom stereocenters. The maximum atomic E-state index is 13.2. The molecule has 0 saturated carbocycles. The monoisotopic (exact) mass is 413 g/mol. The number of nitrogens with zero attached hydrogens (tertiary/aromatic N) is 1. The quantitative estimate of drug-likeness (QED) is 0.431. The van der Waals surface area contributed by atoms with Gasteiger partial charge in [0.15, 0.2) is 11.6 Å². The molecule has 0 radical (unpaired) electrons. The number of aliphatic hydroxyl groups is 1. The van der Waals surface area contributed by atoms with E-state index in [4.69, 9.17) is 5.11 Å². The first-order valence-electron chi connectivity index (χ1n) is 9.26. The van der Waals surface area contributed by atoms with Crippen LogP contribution in [0.25, 0.3) is 0 Å². The maximum absolute atomic E-state index is 13.2. The Balaban J connectivity index is 1.79. The lowest BCUT2D eigenvalue weighted by Crippen LogP contribution is -2.34. The number of carbonyl (C=O) groups is 2. The van der Waals surface area contributed by atoms with Crippen LogP contribution in [0.5, 0.6) is 0 Å². The number of aliphatic carboxylic acids is 1. The predicted molar refractivity (Wildman–Crippen MR) is 104 cm³/mol. The van der Waals surface area contributed by atoms with Gasteiger partial charge in [0.25, 0.3) is 0 Å². The number of amides is 1. The maximum Gasteiger partial charge on any atom is 0.303 e. The normalized spacial score (nSPS) is 18.2. The first-order chi connectivity index (χ1) is 13.4. The van der Waals surface area contributed by atoms with E-state index in [1.54, 1.807) is 28.8 Å². The number of carboxylic acid groups (broad SMARTS) is 1. The van der Waals surface area contributed by atoms with Gasteiger partial charge in [0.1, 0.15) is 0 Å². The van der Waals surface area contributed by atoms with Gasteiger partial charge in [-0.25, -0.2) is 8.78 Å². The van der Waals surface area contributed by atoms with Crippen molar-refractivity contribution in [2.75, 3.05) is 18.1 Å². The minimum Gasteiger partial charge on any atom is -0.481 e. The van der Waals surface area contributed by atoms with Crippen molar-refractivity contribution in [1.29, 1.82) is 0 Å². The van der Waals surface area contributed by atoms with E-state index in [0.29, 0.717) is 31.4 Å². The zero-order valence-corrected chi connectivity index (χ0v) is 16.3. The fourth-order valence-corrected chi connectivity index (χ4v) is 3.95. The van der Waals surface area contributed by atoms with Gasteiger partial charge in [-0.1, -0.05) is 18.2 Å². The van der Waals surface area contributed by atoms with Crippen molar-refractivity contribution in [2.45, 2.75) is 44.2 Å². The lowest BCUT2D eigenvalue weighted by molar-refractivity contribution is -0.137. The van der Waals surface area contributed by atoms with Crippen molar-refractivity contribution in [3.05, 3.63) is 47.5 Å². The van der Waals surface area contributed by atoms with E-state index in [-0.39, 0.29) is 24.8 Å². The van der Waals surface area contributed by atoms with Gasteiger partial charge < -0.3 is 15.1 Å². The number of carboxylic acids is 1. The number of halogens is 2. The lowest BCUT2D eigenvalue weighted by Gasteiger charge is -2.22. The van der Waals surface area contributed by atoms with E-state index >= 15 is 0 Å². The van der Waals surface area contributed by atoms with E-state index < -0.39 is 23.7 Å². The van der Waals surface area contributed by atoms with Crippen molar-refractivity contribution in [3.63, 3.8) is 0 Å². The van der Waals surface area contributed by atoms with Crippen LogP contribution in [0.3, 0.4) is 0 Å². The number of carbonyl (C=O) groups excluding carboxylic acids is 1. The number of rotatable bonds is 11. The number of thioether (sulfide) groups is 1. The summed E-state index contributed by atoms with van der Waals surface area (Å²) in [4.78, 5) is 24.3. The Morgan fingerprint density at radius 2 is 2.11 bits per heavy atom. The molecule has 0 spiro atoms. The van der Waals surface area contributed by atoms with Gasteiger partial charge in [-0.05, 0) is 36.3 Å². The third-order valence-corrected chi connectivity index (χ3v) is 5.56. The molecular formula is C20H25F2NO4S. The van der Waals surface area contributed by atoms with Gasteiger partial charge in [-0.2, -0.15) is 11.8 Å². The highest BCUT2D eigenvalue weighted by Gasteiger charge is 2.28. The average molecular weight is 413 g/mol. The average Bonchev–Trinajstić information content (AvgIpc) is 2.99. The molecule has 1 saturated heterocycles. The largest absolute Gasteiger partial charge is 0.481 e. The molecule has 1 aromatic carbocycles. The summed E-state index contributed by atoms with van der Waals surface area (Å²) in [5.41, 5.74) is 0.494. The molecule has 1 fully saturated rings. The van der Waals surface area contributed by atoms with Crippen molar-refractivity contribution in [1.82, 2.24) is 4.90 Å². The molecule has 5 nitrogen and oxygen atoms in total. The minimum absolute atomic E-state index is 0.0656. The summed E-state index contributed by atoms with van der Waals surface area (Å²) < 4.78 is 26.2. The number of likely N-dealkylation sites (tertiary alicyclic amines) is 1.